The molecule has 2 nitrogen and oxygen atoms in total. The molecular weight excluding hydrogens is 146 g/mol. The molecule has 1 heterocycles. The molecule has 0 saturated carbocycles. The lowest BCUT2D eigenvalue weighted by Gasteiger charge is -2.20. The molecule has 0 N–H and O–H groups in total. The molecule has 0 aliphatic carbocycles. The molecule has 10 heavy (non-hydrogen) atoms. The first-order chi connectivity index (χ1) is 4.74. The van der Waals surface area contributed by atoms with Crippen molar-refractivity contribution in [3.05, 3.63) is 0 Å². The molecule has 0 amide bonds. The molecule has 0 aromatic carbocycles. The Labute approximate surface area is 65.1 Å². The van der Waals surface area contributed by atoms with Crippen molar-refractivity contribution in [2.45, 2.75) is 19.4 Å². The smallest absolute Gasteiger partial charge is 0.0391 e. The normalized spacial score (nSPS) is 33.5. The maximum atomic E-state index is 11.0. The van der Waals surface area contributed by atoms with E-state index in [2.05, 4.69) is 18.9 Å². The number of hydrogen-bond acceptors (Lipinski definition) is 2. The van der Waals surface area contributed by atoms with Crippen molar-refractivity contribution < 1.29 is 4.21 Å². The van der Waals surface area contributed by atoms with Gasteiger partial charge in [0.15, 0.2) is 0 Å². The van der Waals surface area contributed by atoms with Gasteiger partial charge in [-0.1, -0.05) is 6.92 Å². The van der Waals surface area contributed by atoms with Crippen molar-refractivity contribution in [1.29, 1.82) is 0 Å². The summed E-state index contributed by atoms with van der Waals surface area (Å²) in [4.78, 5) is 2.28. The predicted octanol–water partition coefficient (Wildman–Crippen LogP) is 0.459. The summed E-state index contributed by atoms with van der Waals surface area (Å²) in [6.45, 7) is 3.21. The fourth-order valence-corrected chi connectivity index (χ4v) is 2.81. The summed E-state index contributed by atoms with van der Waals surface area (Å²) in [5.41, 5.74) is 0. The third kappa shape index (κ3) is 1.80. The molecule has 1 fully saturated rings. The molecule has 1 rings (SSSR count). The second-order valence-corrected chi connectivity index (χ2v) is 4.45. The first kappa shape index (κ1) is 8.21. The Kier molecular flexibility index (Phi) is 2.86. The molecule has 1 saturated heterocycles. The van der Waals surface area contributed by atoms with Crippen molar-refractivity contribution in [2.24, 2.45) is 0 Å². The minimum absolute atomic E-state index is 0.517. The second-order valence-electron chi connectivity index (χ2n) is 2.83. The highest BCUT2D eigenvalue weighted by molar-refractivity contribution is 7.85. The molecule has 0 radical (unpaired) electrons. The van der Waals surface area contributed by atoms with Gasteiger partial charge in [0.2, 0.25) is 0 Å². The first-order valence-electron chi connectivity index (χ1n) is 3.79. The summed E-state index contributed by atoms with van der Waals surface area (Å²) in [7, 11) is 1.59. The molecule has 1 aliphatic heterocycles. The van der Waals surface area contributed by atoms with Crippen molar-refractivity contribution in [2.75, 3.05) is 25.1 Å². The topological polar surface area (TPSA) is 20.3 Å². The molecule has 2 unspecified atom stereocenters. The lowest BCUT2D eigenvalue weighted by Crippen LogP contribution is -2.31. The summed E-state index contributed by atoms with van der Waals surface area (Å²) in [6, 6.07) is 0.589. The fourth-order valence-electron chi connectivity index (χ4n) is 1.25. The average Bonchev–Trinajstić information content (AvgIpc) is 2.34. The van der Waals surface area contributed by atoms with Gasteiger partial charge in [-0.05, 0) is 20.0 Å². The van der Waals surface area contributed by atoms with E-state index in [-0.39, 0.29) is 0 Å². The van der Waals surface area contributed by atoms with Crippen LogP contribution in [0.5, 0.6) is 0 Å². The van der Waals surface area contributed by atoms with Crippen molar-refractivity contribution in [1.82, 2.24) is 4.90 Å². The van der Waals surface area contributed by atoms with Gasteiger partial charge in [0.25, 0.3) is 0 Å². The Morgan fingerprint density at radius 2 is 2.40 bits per heavy atom. The van der Waals surface area contributed by atoms with E-state index >= 15 is 0 Å². The van der Waals surface area contributed by atoms with Crippen molar-refractivity contribution in [3.8, 4) is 0 Å². The standard InChI is InChI=1S/C7H15NOS/c1-3-8(2)7-4-5-10(9)6-7/h7H,3-6H2,1-2H3. The van der Waals surface area contributed by atoms with Gasteiger partial charge in [-0.15, -0.1) is 0 Å². The quantitative estimate of drug-likeness (QED) is 0.586. The molecule has 0 bridgehead atoms. The summed E-state index contributed by atoms with van der Waals surface area (Å²) in [5.74, 6) is 1.80. The molecule has 60 valence electrons. The van der Waals surface area contributed by atoms with Gasteiger partial charge >= 0.3 is 0 Å². The number of hydrogen-bond donors (Lipinski definition) is 0. The monoisotopic (exact) mass is 161 g/mol. The lowest BCUT2D eigenvalue weighted by atomic mass is 10.2. The van der Waals surface area contributed by atoms with Crippen LogP contribution in [-0.4, -0.2) is 40.2 Å². The first-order valence-corrected chi connectivity index (χ1v) is 5.28. The molecule has 0 spiro atoms. The van der Waals surface area contributed by atoms with Gasteiger partial charge in [-0.25, -0.2) is 0 Å². The average molecular weight is 161 g/mol. The Morgan fingerprint density at radius 3 is 2.80 bits per heavy atom. The molecule has 0 aromatic rings. The Hall–Kier alpha value is 0.110. The van der Waals surface area contributed by atoms with Gasteiger partial charge in [0.05, 0.1) is 0 Å². The van der Waals surface area contributed by atoms with Crippen LogP contribution >= 0.6 is 0 Å². The van der Waals surface area contributed by atoms with Crippen LogP contribution in [0.25, 0.3) is 0 Å². The fraction of sp³-hybridized carbons (Fsp3) is 1.00. The Balaban J connectivity index is 2.36. The van der Waals surface area contributed by atoms with Gasteiger partial charge < -0.3 is 4.90 Å². The summed E-state index contributed by atoms with van der Waals surface area (Å²) < 4.78 is 11.0. The Bertz CT molecular complexity index is 138. The Morgan fingerprint density at radius 1 is 1.70 bits per heavy atom. The van der Waals surface area contributed by atoms with Crippen LogP contribution in [0.1, 0.15) is 13.3 Å². The highest BCUT2D eigenvalue weighted by atomic mass is 32.2. The van der Waals surface area contributed by atoms with E-state index in [1.807, 2.05) is 0 Å². The van der Waals surface area contributed by atoms with Crippen LogP contribution in [0.3, 0.4) is 0 Å². The van der Waals surface area contributed by atoms with E-state index in [1.54, 1.807) is 0 Å². The minimum atomic E-state index is -0.517. The summed E-state index contributed by atoms with van der Waals surface area (Å²) in [5, 5.41) is 0. The molecular formula is C7H15NOS. The maximum absolute atomic E-state index is 11.0. The number of rotatable bonds is 2. The van der Waals surface area contributed by atoms with Crippen LogP contribution < -0.4 is 0 Å². The van der Waals surface area contributed by atoms with Gasteiger partial charge in [-0.2, -0.15) is 0 Å². The van der Waals surface area contributed by atoms with Crippen LogP contribution in [0.4, 0.5) is 0 Å². The summed E-state index contributed by atoms with van der Waals surface area (Å²) >= 11 is 0. The summed E-state index contributed by atoms with van der Waals surface area (Å²) in [6.07, 6.45) is 1.12. The highest BCUT2D eigenvalue weighted by Crippen LogP contribution is 2.12. The molecule has 2 atom stereocenters. The van der Waals surface area contributed by atoms with Crippen molar-refractivity contribution in [3.63, 3.8) is 0 Å². The molecule has 1 aliphatic rings. The SMILES string of the molecule is CCN(C)C1CCS(=O)C1. The van der Waals surface area contributed by atoms with E-state index in [0.29, 0.717) is 6.04 Å². The van der Waals surface area contributed by atoms with Crippen LogP contribution in [0, 0.1) is 0 Å². The zero-order valence-corrected chi connectivity index (χ0v) is 7.49. The van der Waals surface area contributed by atoms with E-state index in [0.717, 1.165) is 24.5 Å². The van der Waals surface area contributed by atoms with E-state index in [1.165, 1.54) is 0 Å². The number of nitrogens with zero attached hydrogens (tertiary/aromatic N) is 1. The van der Waals surface area contributed by atoms with Crippen LogP contribution in [-0.2, 0) is 10.8 Å². The lowest BCUT2D eigenvalue weighted by molar-refractivity contribution is 0.276. The second kappa shape index (κ2) is 3.49. The zero-order valence-electron chi connectivity index (χ0n) is 6.67. The van der Waals surface area contributed by atoms with E-state index in [9.17, 15) is 4.21 Å². The van der Waals surface area contributed by atoms with Gasteiger partial charge in [0.1, 0.15) is 0 Å². The van der Waals surface area contributed by atoms with Gasteiger partial charge in [0, 0.05) is 28.3 Å². The van der Waals surface area contributed by atoms with Crippen LogP contribution in [0.2, 0.25) is 0 Å². The maximum Gasteiger partial charge on any atom is 0.0391 e. The van der Waals surface area contributed by atoms with Gasteiger partial charge in [-0.3, -0.25) is 4.21 Å². The molecule has 0 aromatic heterocycles. The highest BCUT2D eigenvalue weighted by Gasteiger charge is 2.23. The van der Waals surface area contributed by atoms with Crippen LogP contribution in [0.15, 0.2) is 0 Å². The third-order valence-corrected chi connectivity index (χ3v) is 3.63. The van der Waals surface area contributed by atoms with E-state index < -0.39 is 10.8 Å². The minimum Gasteiger partial charge on any atom is -0.303 e. The molecule has 3 heteroatoms. The van der Waals surface area contributed by atoms with Crippen molar-refractivity contribution >= 4 is 10.8 Å². The largest absolute Gasteiger partial charge is 0.303 e. The third-order valence-electron chi connectivity index (χ3n) is 2.18. The zero-order chi connectivity index (χ0) is 7.56. The predicted molar refractivity (Wildman–Crippen MR) is 44.6 cm³/mol. The van der Waals surface area contributed by atoms with E-state index in [4.69, 9.17) is 0 Å².